The minimum absolute atomic E-state index is 0.554. The van der Waals surface area contributed by atoms with Crippen molar-refractivity contribution in [1.82, 2.24) is 14.4 Å². The van der Waals surface area contributed by atoms with Gasteiger partial charge >= 0.3 is 0 Å². The van der Waals surface area contributed by atoms with Gasteiger partial charge in [0.25, 0.3) is 5.88 Å². The van der Waals surface area contributed by atoms with Crippen molar-refractivity contribution in [2.45, 2.75) is 20.3 Å². The van der Waals surface area contributed by atoms with Gasteiger partial charge in [0.05, 0.1) is 11.4 Å². The van der Waals surface area contributed by atoms with Gasteiger partial charge in [-0.2, -0.15) is 0 Å². The molecule has 0 amide bonds. The summed E-state index contributed by atoms with van der Waals surface area (Å²) in [6, 6.07) is 9.65. The Labute approximate surface area is 111 Å². The quantitative estimate of drug-likeness (QED) is 0.718. The molecule has 4 nitrogen and oxygen atoms in total. The maximum Gasteiger partial charge on any atom is 0.264 e. The van der Waals surface area contributed by atoms with Crippen LogP contribution in [0.5, 0.6) is 11.6 Å². The molecule has 4 heteroatoms. The molecular weight excluding hydrogens is 238 g/mol. The van der Waals surface area contributed by atoms with Crippen molar-refractivity contribution in [2.75, 3.05) is 0 Å². The number of aryl methyl sites for hydroxylation is 2. The van der Waals surface area contributed by atoms with Crippen molar-refractivity contribution in [3.05, 3.63) is 54.1 Å². The van der Waals surface area contributed by atoms with Crippen LogP contribution in [0.3, 0.4) is 0 Å². The third kappa shape index (κ3) is 2.29. The van der Waals surface area contributed by atoms with Crippen molar-refractivity contribution >= 4 is 5.65 Å². The molecule has 2 aromatic heterocycles. The summed E-state index contributed by atoms with van der Waals surface area (Å²) in [5.41, 5.74) is 2.68. The first-order valence-corrected chi connectivity index (χ1v) is 6.34. The maximum absolute atomic E-state index is 5.85. The van der Waals surface area contributed by atoms with Gasteiger partial charge in [-0.3, -0.25) is 0 Å². The fourth-order valence-corrected chi connectivity index (χ4v) is 1.98. The molecule has 0 saturated carbocycles. The molecule has 0 N–H and O–H groups in total. The molecular formula is C15H15N3O. The minimum Gasteiger partial charge on any atom is -0.436 e. The minimum atomic E-state index is 0.554. The smallest absolute Gasteiger partial charge is 0.264 e. The third-order valence-electron chi connectivity index (χ3n) is 2.90. The maximum atomic E-state index is 5.85. The molecule has 3 rings (SSSR count). The highest BCUT2D eigenvalue weighted by Gasteiger charge is 2.10. The van der Waals surface area contributed by atoms with E-state index in [-0.39, 0.29) is 0 Å². The molecule has 0 atom stereocenters. The van der Waals surface area contributed by atoms with Crippen LogP contribution in [0.4, 0.5) is 0 Å². The molecule has 0 aliphatic rings. The molecule has 19 heavy (non-hydrogen) atoms. The lowest BCUT2D eigenvalue weighted by atomic mass is 10.3. The third-order valence-corrected chi connectivity index (χ3v) is 2.90. The number of rotatable bonds is 3. The van der Waals surface area contributed by atoms with Crippen LogP contribution in [0.25, 0.3) is 5.65 Å². The molecule has 0 fully saturated rings. The van der Waals surface area contributed by atoms with E-state index in [1.807, 2.05) is 54.0 Å². The Morgan fingerprint density at radius 2 is 1.89 bits per heavy atom. The first kappa shape index (κ1) is 11.7. The van der Waals surface area contributed by atoms with Gasteiger partial charge in [-0.15, -0.1) is 0 Å². The summed E-state index contributed by atoms with van der Waals surface area (Å²) in [4.78, 5) is 8.98. The predicted octanol–water partition coefficient (Wildman–Crippen LogP) is 3.39. The van der Waals surface area contributed by atoms with Gasteiger partial charge in [0.2, 0.25) is 5.65 Å². The summed E-state index contributed by atoms with van der Waals surface area (Å²) >= 11 is 0. The average Bonchev–Trinajstić information content (AvgIpc) is 2.80. The van der Waals surface area contributed by atoms with Crippen molar-refractivity contribution in [2.24, 2.45) is 0 Å². The normalized spacial score (nSPS) is 10.8. The fourth-order valence-electron chi connectivity index (χ4n) is 1.98. The topological polar surface area (TPSA) is 39.4 Å². The Hall–Kier alpha value is -2.36. The van der Waals surface area contributed by atoms with Gasteiger partial charge in [-0.05, 0) is 25.5 Å². The largest absolute Gasteiger partial charge is 0.436 e. The van der Waals surface area contributed by atoms with Crippen LogP contribution in [0.1, 0.15) is 18.3 Å². The number of hydrogen-bond acceptors (Lipinski definition) is 3. The molecule has 0 unspecified atom stereocenters. The first-order valence-electron chi connectivity index (χ1n) is 6.34. The second kappa shape index (κ2) is 4.72. The van der Waals surface area contributed by atoms with Gasteiger partial charge < -0.3 is 9.14 Å². The highest BCUT2D eigenvalue weighted by molar-refractivity contribution is 5.52. The van der Waals surface area contributed by atoms with Crippen LogP contribution in [0, 0.1) is 6.92 Å². The van der Waals surface area contributed by atoms with Crippen LogP contribution in [0.2, 0.25) is 0 Å². The van der Waals surface area contributed by atoms with Crippen LogP contribution in [-0.2, 0) is 6.42 Å². The standard InChI is InChI=1S/C15H15N3O/c1-3-12-10-18-9-11(2)16-14(18)15(17-12)19-13-7-5-4-6-8-13/h4-10H,3H2,1-2H3. The highest BCUT2D eigenvalue weighted by Crippen LogP contribution is 2.24. The molecule has 0 spiro atoms. The summed E-state index contributed by atoms with van der Waals surface area (Å²) in [6.07, 6.45) is 4.83. The lowest BCUT2D eigenvalue weighted by Gasteiger charge is -2.07. The molecule has 2 heterocycles. The van der Waals surface area contributed by atoms with E-state index in [2.05, 4.69) is 16.9 Å². The average molecular weight is 253 g/mol. The van der Waals surface area contributed by atoms with Gasteiger partial charge in [0, 0.05) is 12.4 Å². The molecule has 0 bridgehead atoms. The zero-order valence-electron chi connectivity index (χ0n) is 11.0. The van der Waals surface area contributed by atoms with E-state index < -0.39 is 0 Å². The first-order chi connectivity index (χ1) is 9.26. The molecule has 0 radical (unpaired) electrons. The second-order valence-corrected chi connectivity index (χ2v) is 4.42. The number of fused-ring (bicyclic) bond motifs is 1. The van der Waals surface area contributed by atoms with Gasteiger partial charge in [0.15, 0.2) is 0 Å². The van der Waals surface area contributed by atoms with E-state index in [1.54, 1.807) is 0 Å². The number of hydrogen-bond donors (Lipinski definition) is 0. The van der Waals surface area contributed by atoms with Gasteiger partial charge in [-0.1, -0.05) is 25.1 Å². The fraction of sp³-hybridized carbons (Fsp3) is 0.200. The molecule has 1 aromatic carbocycles. The van der Waals surface area contributed by atoms with Gasteiger partial charge in [0.1, 0.15) is 5.75 Å². The zero-order valence-corrected chi connectivity index (χ0v) is 11.0. The van der Waals surface area contributed by atoms with Crippen molar-refractivity contribution in [3.63, 3.8) is 0 Å². The van der Waals surface area contributed by atoms with E-state index in [1.165, 1.54) is 0 Å². The zero-order chi connectivity index (χ0) is 13.2. The number of benzene rings is 1. The molecule has 96 valence electrons. The SMILES string of the molecule is CCc1cn2cc(C)nc2c(Oc2ccccc2)n1. The molecule has 3 aromatic rings. The monoisotopic (exact) mass is 253 g/mol. The Bertz CT molecular complexity index is 704. The van der Waals surface area contributed by atoms with Crippen LogP contribution >= 0.6 is 0 Å². The number of nitrogens with zero attached hydrogens (tertiary/aromatic N) is 3. The summed E-state index contributed by atoms with van der Waals surface area (Å²) < 4.78 is 7.82. The summed E-state index contributed by atoms with van der Waals surface area (Å²) in [5, 5.41) is 0. The Morgan fingerprint density at radius 3 is 2.63 bits per heavy atom. The number of ether oxygens (including phenoxy) is 1. The van der Waals surface area contributed by atoms with E-state index in [4.69, 9.17) is 4.74 Å². The highest BCUT2D eigenvalue weighted by atomic mass is 16.5. The van der Waals surface area contributed by atoms with Crippen molar-refractivity contribution < 1.29 is 4.74 Å². The molecule has 0 aliphatic heterocycles. The summed E-state index contributed by atoms with van der Waals surface area (Å²) in [7, 11) is 0. The van der Waals surface area contributed by atoms with Crippen LogP contribution in [-0.4, -0.2) is 14.4 Å². The van der Waals surface area contributed by atoms with E-state index in [0.717, 1.165) is 29.2 Å². The number of para-hydroxylation sites is 1. The Morgan fingerprint density at radius 1 is 1.11 bits per heavy atom. The second-order valence-electron chi connectivity index (χ2n) is 4.42. The Kier molecular flexibility index (Phi) is 2.91. The lowest BCUT2D eigenvalue weighted by Crippen LogP contribution is -1.98. The number of aromatic nitrogens is 3. The van der Waals surface area contributed by atoms with Crippen LogP contribution in [0.15, 0.2) is 42.7 Å². The van der Waals surface area contributed by atoms with Crippen LogP contribution < -0.4 is 4.74 Å². The summed E-state index contributed by atoms with van der Waals surface area (Å²) in [5.74, 6) is 1.32. The number of imidazole rings is 1. The summed E-state index contributed by atoms with van der Waals surface area (Å²) in [6.45, 7) is 4.04. The van der Waals surface area contributed by atoms with Crippen molar-refractivity contribution in [1.29, 1.82) is 0 Å². The van der Waals surface area contributed by atoms with E-state index in [0.29, 0.717) is 5.88 Å². The van der Waals surface area contributed by atoms with Crippen molar-refractivity contribution in [3.8, 4) is 11.6 Å². The Balaban J connectivity index is 2.10. The molecule has 0 saturated heterocycles. The lowest BCUT2D eigenvalue weighted by molar-refractivity contribution is 0.462. The van der Waals surface area contributed by atoms with E-state index >= 15 is 0 Å². The molecule has 0 aliphatic carbocycles. The predicted molar refractivity (Wildman–Crippen MR) is 73.6 cm³/mol. The van der Waals surface area contributed by atoms with Gasteiger partial charge in [-0.25, -0.2) is 9.97 Å². The van der Waals surface area contributed by atoms with E-state index in [9.17, 15) is 0 Å².